The molecule has 1 heterocycles. The van der Waals surface area contributed by atoms with Crippen molar-refractivity contribution in [2.24, 2.45) is 0 Å². The number of anilines is 2. The molecular formula is C15H24N2O2. The average Bonchev–Trinajstić information content (AvgIpc) is 2.65. The molecule has 2 rings (SSSR count). The van der Waals surface area contributed by atoms with Crippen LogP contribution in [0.1, 0.15) is 24.8 Å². The Labute approximate surface area is 115 Å². The Morgan fingerprint density at radius 2 is 2.21 bits per heavy atom. The van der Waals surface area contributed by atoms with Crippen LogP contribution in [-0.4, -0.2) is 37.5 Å². The van der Waals surface area contributed by atoms with E-state index in [1.54, 1.807) is 0 Å². The van der Waals surface area contributed by atoms with Crippen LogP contribution in [0, 0.1) is 6.92 Å². The molecule has 0 amide bonds. The highest BCUT2D eigenvalue weighted by atomic mass is 16.5. The topological polar surface area (TPSA) is 58.7 Å². The number of nitrogen functional groups attached to an aromatic ring is 1. The lowest BCUT2D eigenvalue weighted by atomic mass is 10.1. The number of aryl methyl sites for hydroxylation is 1. The Morgan fingerprint density at radius 1 is 1.37 bits per heavy atom. The Kier molecular flexibility index (Phi) is 5.05. The van der Waals surface area contributed by atoms with E-state index < -0.39 is 0 Å². The van der Waals surface area contributed by atoms with Gasteiger partial charge < -0.3 is 20.5 Å². The molecule has 106 valence electrons. The van der Waals surface area contributed by atoms with Gasteiger partial charge in [0.15, 0.2) is 0 Å². The van der Waals surface area contributed by atoms with E-state index in [-0.39, 0.29) is 12.7 Å². The lowest BCUT2D eigenvalue weighted by Gasteiger charge is -2.23. The molecule has 1 aromatic carbocycles. The summed E-state index contributed by atoms with van der Waals surface area (Å²) >= 11 is 0. The quantitative estimate of drug-likeness (QED) is 0.816. The largest absolute Gasteiger partial charge is 0.399 e. The van der Waals surface area contributed by atoms with Gasteiger partial charge in [0.25, 0.3) is 0 Å². The van der Waals surface area contributed by atoms with Crippen molar-refractivity contribution in [3.8, 4) is 0 Å². The first-order valence-corrected chi connectivity index (χ1v) is 7.04. The maximum absolute atomic E-state index is 8.81. The summed E-state index contributed by atoms with van der Waals surface area (Å²) in [6, 6.07) is 6.23. The summed E-state index contributed by atoms with van der Waals surface area (Å²) in [7, 11) is 0. The smallest absolute Gasteiger partial charge is 0.0701 e. The molecule has 4 nitrogen and oxygen atoms in total. The number of aliphatic hydroxyl groups is 1. The molecule has 0 saturated carbocycles. The van der Waals surface area contributed by atoms with E-state index in [0.717, 1.165) is 43.6 Å². The second-order valence-electron chi connectivity index (χ2n) is 5.18. The summed E-state index contributed by atoms with van der Waals surface area (Å²) in [6.45, 7) is 4.66. The van der Waals surface area contributed by atoms with Crippen molar-refractivity contribution in [1.29, 1.82) is 0 Å². The summed E-state index contributed by atoms with van der Waals surface area (Å²) in [4.78, 5) is 2.40. The van der Waals surface area contributed by atoms with Crippen molar-refractivity contribution in [1.82, 2.24) is 0 Å². The highest BCUT2D eigenvalue weighted by molar-refractivity contribution is 5.58. The zero-order valence-corrected chi connectivity index (χ0v) is 11.6. The van der Waals surface area contributed by atoms with Crippen LogP contribution in [0.25, 0.3) is 0 Å². The first-order chi connectivity index (χ1) is 9.20. The molecular weight excluding hydrogens is 240 g/mol. The summed E-state index contributed by atoms with van der Waals surface area (Å²) < 4.78 is 5.64. The van der Waals surface area contributed by atoms with Gasteiger partial charge in [0.1, 0.15) is 0 Å². The molecule has 3 N–H and O–H groups in total. The van der Waals surface area contributed by atoms with E-state index >= 15 is 0 Å². The molecule has 1 saturated heterocycles. The maximum atomic E-state index is 8.81. The molecule has 19 heavy (non-hydrogen) atoms. The summed E-state index contributed by atoms with van der Waals surface area (Å²) in [5, 5.41) is 8.81. The second kappa shape index (κ2) is 6.78. The molecule has 4 heteroatoms. The van der Waals surface area contributed by atoms with E-state index in [9.17, 15) is 0 Å². The number of hydrogen-bond acceptors (Lipinski definition) is 4. The van der Waals surface area contributed by atoms with E-state index in [1.807, 2.05) is 13.0 Å². The Hall–Kier alpha value is -1.26. The fourth-order valence-corrected chi connectivity index (χ4v) is 2.57. The molecule has 0 aromatic heterocycles. The molecule has 1 fully saturated rings. The third kappa shape index (κ3) is 3.85. The van der Waals surface area contributed by atoms with Gasteiger partial charge in [-0.3, -0.25) is 0 Å². The van der Waals surface area contributed by atoms with Crippen LogP contribution in [-0.2, 0) is 4.74 Å². The summed E-state index contributed by atoms with van der Waals surface area (Å²) in [6.07, 6.45) is 3.50. The number of hydrogen-bond donors (Lipinski definition) is 2. The molecule has 1 aliphatic rings. The third-order valence-electron chi connectivity index (χ3n) is 3.74. The highest BCUT2D eigenvalue weighted by Gasteiger charge is 2.17. The fraction of sp³-hybridized carbons (Fsp3) is 0.600. The van der Waals surface area contributed by atoms with Gasteiger partial charge in [-0.15, -0.1) is 0 Å². The van der Waals surface area contributed by atoms with E-state index in [0.29, 0.717) is 6.61 Å². The van der Waals surface area contributed by atoms with Crippen LogP contribution in [0.2, 0.25) is 0 Å². The van der Waals surface area contributed by atoms with Crippen molar-refractivity contribution in [3.05, 3.63) is 23.8 Å². The Morgan fingerprint density at radius 3 is 2.95 bits per heavy atom. The van der Waals surface area contributed by atoms with Gasteiger partial charge in [0.05, 0.1) is 19.3 Å². The molecule has 1 atom stereocenters. The molecule has 1 aliphatic heterocycles. The average molecular weight is 264 g/mol. The lowest BCUT2D eigenvalue weighted by Crippen LogP contribution is -2.25. The van der Waals surface area contributed by atoms with Crippen LogP contribution in [0.15, 0.2) is 18.2 Å². The minimum absolute atomic E-state index is 0.109. The molecule has 1 unspecified atom stereocenters. The van der Waals surface area contributed by atoms with Gasteiger partial charge in [-0.2, -0.15) is 0 Å². The van der Waals surface area contributed by atoms with Crippen molar-refractivity contribution in [3.63, 3.8) is 0 Å². The number of benzene rings is 1. The minimum atomic E-state index is 0.109. The zero-order chi connectivity index (χ0) is 13.7. The van der Waals surface area contributed by atoms with Gasteiger partial charge in [-0.25, -0.2) is 0 Å². The Bertz CT molecular complexity index is 409. The van der Waals surface area contributed by atoms with Crippen molar-refractivity contribution in [2.45, 2.75) is 32.3 Å². The first-order valence-electron chi connectivity index (χ1n) is 7.04. The molecule has 0 spiro atoms. The fourth-order valence-electron chi connectivity index (χ4n) is 2.57. The summed E-state index contributed by atoms with van der Waals surface area (Å²) in [5.41, 5.74) is 9.09. The molecule has 0 bridgehead atoms. The van der Waals surface area contributed by atoms with Crippen LogP contribution >= 0.6 is 0 Å². The number of rotatable bonds is 4. The van der Waals surface area contributed by atoms with E-state index in [1.165, 1.54) is 5.69 Å². The number of nitrogens with zero attached hydrogens (tertiary/aromatic N) is 1. The van der Waals surface area contributed by atoms with Gasteiger partial charge in [0, 0.05) is 24.5 Å². The van der Waals surface area contributed by atoms with Gasteiger partial charge in [0.2, 0.25) is 0 Å². The summed E-state index contributed by atoms with van der Waals surface area (Å²) in [5.74, 6) is 0. The predicted molar refractivity (Wildman–Crippen MR) is 78.5 cm³/mol. The number of aliphatic hydroxyl groups excluding tert-OH is 1. The Balaban J connectivity index is 1.96. The molecule has 0 radical (unpaired) electrons. The van der Waals surface area contributed by atoms with Crippen molar-refractivity contribution < 1.29 is 9.84 Å². The SMILES string of the molecule is Cc1cc(N2CCCC(OCCO)CC2)ccc1N. The number of nitrogens with two attached hydrogens (primary N) is 1. The van der Waals surface area contributed by atoms with Gasteiger partial charge in [-0.1, -0.05) is 0 Å². The zero-order valence-electron chi connectivity index (χ0n) is 11.6. The molecule has 1 aromatic rings. The highest BCUT2D eigenvalue weighted by Crippen LogP contribution is 2.24. The number of ether oxygens (including phenoxy) is 1. The van der Waals surface area contributed by atoms with E-state index in [2.05, 4.69) is 17.0 Å². The second-order valence-corrected chi connectivity index (χ2v) is 5.18. The monoisotopic (exact) mass is 264 g/mol. The van der Waals surface area contributed by atoms with Crippen LogP contribution in [0.5, 0.6) is 0 Å². The predicted octanol–water partition coefficient (Wildman–Crippen LogP) is 1.95. The minimum Gasteiger partial charge on any atom is -0.399 e. The van der Waals surface area contributed by atoms with Crippen molar-refractivity contribution >= 4 is 11.4 Å². The normalized spacial score (nSPS) is 20.3. The van der Waals surface area contributed by atoms with Crippen LogP contribution in [0.4, 0.5) is 11.4 Å². The van der Waals surface area contributed by atoms with E-state index in [4.69, 9.17) is 15.6 Å². The van der Waals surface area contributed by atoms with Gasteiger partial charge in [-0.05, 0) is 49.9 Å². The molecule has 0 aliphatic carbocycles. The van der Waals surface area contributed by atoms with Crippen molar-refractivity contribution in [2.75, 3.05) is 36.9 Å². The maximum Gasteiger partial charge on any atom is 0.0701 e. The van der Waals surface area contributed by atoms with Crippen LogP contribution in [0.3, 0.4) is 0 Å². The lowest BCUT2D eigenvalue weighted by molar-refractivity contribution is 0.0228. The van der Waals surface area contributed by atoms with Crippen LogP contribution < -0.4 is 10.6 Å². The first kappa shape index (κ1) is 14.2. The third-order valence-corrected chi connectivity index (χ3v) is 3.74. The standard InChI is InChI=1S/C15H24N2O2/c1-12-11-13(4-5-15(12)16)17-7-2-3-14(6-8-17)19-10-9-18/h4-5,11,14,18H,2-3,6-10,16H2,1H3. The van der Waals surface area contributed by atoms with Gasteiger partial charge >= 0.3 is 0 Å².